The normalized spacial score (nSPS) is 10.9. The molecule has 90 valence electrons. The molecule has 0 bridgehead atoms. The number of hydrogen-bond acceptors (Lipinski definition) is 3. The maximum atomic E-state index is 11.0. The molecule has 0 fully saturated rings. The number of aldehydes is 1. The molecule has 0 radical (unpaired) electrons. The fourth-order valence-electron chi connectivity index (χ4n) is 2.16. The van der Waals surface area contributed by atoms with Crippen molar-refractivity contribution in [3.8, 4) is 0 Å². The zero-order valence-corrected chi connectivity index (χ0v) is 9.96. The number of nitrogens with zero attached hydrogens (tertiary/aromatic N) is 2. The second-order valence-electron chi connectivity index (χ2n) is 4.28. The van der Waals surface area contributed by atoms with E-state index >= 15 is 0 Å². The van der Waals surface area contributed by atoms with Gasteiger partial charge in [0.1, 0.15) is 0 Å². The molecule has 3 aromatic rings. The molecular weight excluding hydrogens is 228 g/mol. The average molecular weight is 240 g/mol. The molecule has 3 rings (SSSR count). The van der Waals surface area contributed by atoms with Gasteiger partial charge in [-0.15, -0.1) is 0 Å². The number of aryl methyl sites for hydroxylation is 1. The highest BCUT2D eigenvalue weighted by molar-refractivity contribution is 5.97. The van der Waals surface area contributed by atoms with E-state index in [0.29, 0.717) is 12.1 Å². The SMILES string of the molecule is Cc1cc(Cn2cc(C=O)c3ccccc32)on1. The van der Waals surface area contributed by atoms with E-state index in [0.717, 1.165) is 28.6 Å². The van der Waals surface area contributed by atoms with Gasteiger partial charge >= 0.3 is 0 Å². The van der Waals surface area contributed by atoms with Crippen molar-refractivity contribution in [2.45, 2.75) is 13.5 Å². The predicted molar refractivity (Wildman–Crippen MR) is 67.7 cm³/mol. The van der Waals surface area contributed by atoms with Crippen LogP contribution in [-0.4, -0.2) is 16.0 Å². The van der Waals surface area contributed by atoms with Crippen molar-refractivity contribution in [1.82, 2.24) is 9.72 Å². The lowest BCUT2D eigenvalue weighted by atomic mass is 10.2. The van der Waals surface area contributed by atoms with Crippen molar-refractivity contribution in [1.29, 1.82) is 0 Å². The van der Waals surface area contributed by atoms with Gasteiger partial charge in [-0.3, -0.25) is 4.79 Å². The Morgan fingerprint density at radius 3 is 2.94 bits per heavy atom. The van der Waals surface area contributed by atoms with Crippen molar-refractivity contribution in [3.63, 3.8) is 0 Å². The van der Waals surface area contributed by atoms with Gasteiger partial charge in [0.2, 0.25) is 0 Å². The first kappa shape index (κ1) is 10.8. The van der Waals surface area contributed by atoms with Crippen LogP contribution < -0.4 is 0 Å². The number of carbonyl (C=O) groups excluding carboxylic acids is 1. The van der Waals surface area contributed by atoms with E-state index in [-0.39, 0.29) is 0 Å². The van der Waals surface area contributed by atoms with Crippen molar-refractivity contribution in [2.24, 2.45) is 0 Å². The predicted octanol–water partition coefficient (Wildman–Crippen LogP) is 2.80. The summed E-state index contributed by atoms with van der Waals surface area (Å²) in [7, 11) is 0. The summed E-state index contributed by atoms with van der Waals surface area (Å²) in [6.45, 7) is 2.47. The molecule has 1 aromatic carbocycles. The smallest absolute Gasteiger partial charge is 0.156 e. The molecular formula is C14H12N2O2. The van der Waals surface area contributed by atoms with Gasteiger partial charge in [0.25, 0.3) is 0 Å². The minimum absolute atomic E-state index is 0.579. The Kier molecular flexibility index (Phi) is 2.48. The largest absolute Gasteiger partial charge is 0.359 e. The van der Waals surface area contributed by atoms with E-state index in [2.05, 4.69) is 5.16 Å². The van der Waals surface area contributed by atoms with Crippen LogP contribution >= 0.6 is 0 Å². The Morgan fingerprint density at radius 1 is 1.39 bits per heavy atom. The molecule has 0 atom stereocenters. The molecule has 0 N–H and O–H groups in total. The number of hydrogen-bond donors (Lipinski definition) is 0. The van der Waals surface area contributed by atoms with Gasteiger partial charge in [-0.25, -0.2) is 0 Å². The van der Waals surface area contributed by atoms with Crippen LogP contribution in [0.2, 0.25) is 0 Å². The molecule has 18 heavy (non-hydrogen) atoms. The third kappa shape index (κ3) is 1.72. The zero-order chi connectivity index (χ0) is 12.5. The Balaban J connectivity index is 2.09. The van der Waals surface area contributed by atoms with Crippen LogP contribution in [0.4, 0.5) is 0 Å². The van der Waals surface area contributed by atoms with Crippen molar-refractivity contribution >= 4 is 17.2 Å². The van der Waals surface area contributed by atoms with E-state index < -0.39 is 0 Å². The number of para-hydroxylation sites is 1. The standard InChI is InChI=1S/C14H12N2O2/c1-10-6-12(18-15-10)8-16-7-11(9-17)13-4-2-3-5-14(13)16/h2-7,9H,8H2,1H3. The number of fused-ring (bicyclic) bond motifs is 1. The lowest BCUT2D eigenvalue weighted by Crippen LogP contribution is -1.96. The molecule has 0 aliphatic heterocycles. The lowest BCUT2D eigenvalue weighted by molar-refractivity contribution is 0.112. The minimum atomic E-state index is 0.579. The fourth-order valence-corrected chi connectivity index (χ4v) is 2.16. The Bertz CT molecular complexity index is 709. The first-order chi connectivity index (χ1) is 8.78. The zero-order valence-electron chi connectivity index (χ0n) is 9.96. The van der Waals surface area contributed by atoms with Gasteiger partial charge in [-0.05, 0) is 13.0 Å². The molecule has 0 aliphatic rings. The molecule has 0 saturated carbocycles. The first-order valence-electron chi connectivity index (χ1n) is 5.73. The van der Waals surface area contributed by atoms with Crippen molar-refractivity contribution in [2.75, 3.05) is 0 Å². The van der Waals surface area contributed by atoms with Crippen LogP contribution in [-0.2, 0) is 6.54 Å². The van der Waals surface area contributed by atoms with Gasteiger partial charge in [0.05, 0.1) is 12.2 Å². The summed E-state index contributed by atoms with van der Waals surface area (Å²) in [6.07, 6.45) is 2.72. The topological polar surface area (TPSA) is 48.0 Å². The van der Waals surface area contributed by atoms with Crippen molar-refractivity contribution < 1.29 is 9.32 Å². The fraction of sp³-hybridized carbons (Fsp3) is 0.143. The number of rotatable bonds is 3. The molecule has 0 aliphatic carbocycles. The Morgan fingerprint density at radius 2 is 2.22 bits per heavy atom. The molecule has 0 amide bonds. The third-order valence-corrected chi connectivity index (χ3v) is 2.95. The highest BCUT2D eigenvalue weighted by atomic mass is 16.5. The second kappa shape index (κ2) is 4.14. The van der Waals surface area contributed by atoms with Crippen LogP contribution in [0.5, 0.6) is 0 Å². The monoisotopic (exact) mass is 240 g/mol. The number of benzene rings is 1. The van der Waals surface area contributed by atoms with Gasteiger partial charge in [-0.1, -0.05) is 23.4 Å². The van der Waals surface area contributed by atoms with Crippen molar-refractivity contribution in [3.05, 3.63) is 53.5 Å². The maximum Gasteiger partial charge on any atom is 0.156 e. The van der Waals surface area contributed by atoms with E-state index in [4.69, 9.17) is 4.52 Å². The van der Waals surface area contributed by atoms with E-state index in [9.17, 15) is 4.79 Å². The third-order valence-electron chi connectivity index (χ3n) is 2.95. The summed E-state index contributed by atoms with van der Waals surface area (Å²) < 4.78 is 7.20. The summed E-state index contributed by atoms with van der Waals surface area (Å²) in [5.74, 6) is 0.783. The van der Waals surface area contributed by atoms with E-state index in [1.54, 1.807) is 0 Å². The number of carbonyl (C=O) groups is 1. The maximum absolute atomic E-state index is 11.0. The summed E-state index contributed by atoms with van der Waals surface area (Å²) in [6, 6.07) is 9.72. The van der Waals surface area contributed by atoms with Crippen LogP contribution in [0.25, 0.3) is 10.9 Å². The van der Waals surface area contributed by atoms with Gasteiger partial charge < -0.3 is 9.09 Å². The van der Waals surface area contributed by atoms with Crippen LogP contribution in [0, 0.1) is 6.92 Å². The van der Waals surface area contributed by atoms with Crippen LogP contribution in [0.3, 0.4) is 0 Å². The minimum Gasteiger partial charge on any atom is -0.359 e. The summed E-state index contributed by atoms with van der Waals surface area (Å²) in [5.41, 5.74) is 2.58. The number of aromatic nitrogens is 2. The Hall–Kier alpha value is -2.36. The van der Waals surface area contributed by atoms with E-state index in [1.165, 1.54) is 0 Å². The highest BCUT2D eigenvalue weighted by Gasteiger charge is 2.09. The quantitative estimate of drug-likeness (QED) is 0.661. The van der Waals surface area contributed by atoms with Gasteiger partial charge in [0.15, 0.2) is 12.0 Å². The van der Waals surface area contributed by atoms with Gasteiger partial charge in [-0.2, -0.15) is 0 Å². The highest BCUT2D eigenvalue weighted by Crippen LogP contribution is 2.21. The van der Waals surface area contributed by atoms with Crippen LogP contribution in [0.15, 0.2) is 41.1 Å². The molecule has 2 heterocycles. The average Bonchev–Trinajstić information content (AvgIpc) is 2.95. The molecule has 4 nitrogen and oxygen atoms in total. The summed E-state index contributed by atoms with van der Waals surface area (Å²) in [5, 5.41) is 4.82. The molecule has 2 aromatic heterocycles. The molecule has 0 spiro atoms. The molecule has 0 saturated heterocycles. The second-order valence-corrected chi connectivity index (χ2v) is 4.28. The summed E-state index contributed by atoms with van der Waals surface area (Å²) >= 11 is 0. The van der Waals surface area contributed by atoms with E-state index in [1.807, 2.05) is 48.0 Å². The van der Waals surface area contributed by atoms with Gasteiger partial charge in [0, 0.05) is 28.7 Å². The molecule has 4 heteroatoms. The molecule has 0 unspecified atom stereocenters. The lowest BCUT2D eigenvalue weighted by Gasteiger charge is -2.01. The Labute approximate surface area is 104 Å². The van der Waals surface area contributed by atoms with Crippen LogP contribution in [0.1, 0.15) is 21.8 Å². The first-order valence-corrected chi connectivity index (χ1v) is 5.73. The summed E-state index contributed by atoms with van der Waals surface area (Å²) in [4.78, 5) is 11.0.